The largest absolute Gasteiger partial charge is 0.481 e. The molecule has 290 valence electrons. The van der Waals surface area contributed by atoms with Crippen LogP contribution in [0.15, 0.2) is 0 Å². The number of hydrogen-bond acceptors (Lipinski definition) is 8. The van der Waals surface area contributed by atoms with Crippen LogP contribution >= 0.6 is 0 Å². The molecule has 2 N–H and O–H groups in total. The molecule has 50 heavy (non-hydrogen) atoms. The van der Waals surface area contributed by atoms with Gasteiger partial charge in [-0.15, -0.1) is 0 Å². The Balaban J connectivity index is 3.10. The van der Waals surface area contributed by atoms with Gasteiger partial charge in [-0.1, -0.05) is 54.9 Å². The van der Waals surface area contributed by atoms with Crippen LogP contribution in [0.2, 0.25) is 0 Å². The lowest BCUT2D eigenvalue weighted by molar-refractivity contribution is -0.151. The van der Waals surface area contributed by atoms with E-state index in [0.29, 0.717) is 25.8 Å². The molecular formula is C38H69N3O9. The zero-order valence-corrected chi connectivity index (χ0v) is 33.4. The molecule has 0 aromatic carbocycles. The van der Waals surface area contributed by atoms with Gasteiger partial charge < -0.3 is 29.5 Å². The Bertz CT molecular complexity index is 1120. The van der Waals surface area contributed by atoms with Crippen LogP contribution in [0.4, 0.5) is 4.79 Å². The van der Waals surface area contributed by atoms with Crippen molar-refractivity contribution in [2.24, 2.45) is 35.5 Å². The molecule has 1 rings (SSSR count). The number of nitrogens with zero attached hydrogens (tertiary/aromatic N) is 2. The highest BCUT2D eigenvalue weighted by atomic mass is 16.6. The summed E-state index contributed by atoms with van der Waals surface area (Å²) in [7, 11) is 4.64. The van der Waals surface area contributed by atoms with Gasteiger partial charge in [0.2, 0.25) is 11.8 Å². The first-order valence-electron chi connectivity index (χ1n) is 18.5. The van der Waals surface area contributed by atoms with Crippen molar-refractivity contribution in [1.29, 1.82) is 0 Å². The van der Waals surface area contributed by atoms with E-state index in [-0.39, 0.29) is 53.7 Å². The third-order valence-corrected chi connectivity index (χ3v) is 10.4. The smallest absolute Gasteiger partial charge is 0.410 e. The van der Waals surface area contributed by atoms with E-state index in [1.165, 1.54) is 19.1 Å². The molecule has 0 spiro atoms. The first kappa shape index (κ1) is 45.3. The first-order chi connectivity index (χ1) is 23.1. The number of rotatable bonds is 20. The van der Waals surface area contributed by atoms with Crippen molar-refractivity contribution < 1.29 is 43.3 Å². The fourth-order valence-corrected chi connectivity index (χ4v) is 7.19. The Morgan fingerprint density at radius 3 is 2.00 bits per heavy atom. The minimum Gasteiger partial charge on any atom is -0.481 e. The summed E-state index contributed by atoms with van der Waals surface area (Å²) in [6.07, 6.45) is 2.03. The third-order valence-electron chi connectivity index (χ3n) is 10.4. The number of nitrogens with one attached hydrogen (secondary N) is 1. The molecule has 0 radical (unpaired) electrons. The second-order valence-electron chi connectivity index (χ2n) is 16.0. The van der Waals surface area contributed by atoms with E-state index in [1.807, 2.05) is 34.6 Å². The number of likely N-dealkylation sites (tertiary alicyclic amines) is 1. The van der Waals surface area contributed by atoms with Crippen LogP contribution in [-0.4, -0.2) is 108 Å². The SMILES string of the molecule is CCC(C)C(CCC(C)C(=O)C(NC(=O)C(C(C)C)N(C)C(=O)OC(C)(C)C)C(C)C)C(CC(=O)N1CCCC1C(OC)C(C)C(=O)O)OC. The normalized spacial score (nSPS) is 20.0. The summed E-state index contributed by atoms with van der Waals surface area (Å²) in [6, 6.07) is -1.90. The predicted molar refractivity (Wildman–Crippen MR) is 193 cm³/mol. The number of ether oxygens (including phenoxy) is 3. The van der Waals surface area contributed by atoms with Crippen LogP contribution in [-0.2, 0) is 33.4 Å². The van der Waals surface area contributed by atoms with Crippen LogP contribution in [0.25, 0.3) is 0 Å². The van der Waals surface area contributed by atoms with Gasteiger partial charge in [-0.3, -0.25) is 24.1 Å². The molecule has 1 heterocycles. The number of Topliss-reactive ketones (excluding diaryl/α,β-unsaturated/α-hetero) is 1. The highest BCUT2D eigenvalue weighted by Gasteiger charge is 2.41. The topological polar surface area (TPSA) is 152 Å². The first-order valence-corrected chi connectivity index (χ1v) is 18.5. The van der Waals surface area contributed by atoms with Crippen molar-refractivity contribution in [2.45, 2.75) is 151 Å². The maximum Gasteiger partial charge on any atom is 0.410 e. The lowest BCUT2D eigenvalue weighted by atomic mass is 9.79. The molecule has 0 aromatic rings. The molecule has 12 heteroatoms. The van der Waals surface area contributed by atoms with E-state index in [9.17, 15) is 29.1 Å². The number of carboxylic acid groups (broad SMARTS) is 1. The molecule has 3 amide bonds. The number of likely N-dealkylation sites (N-methyl/N-ethyl adjacent to an activating group) is 1. The number of hydrogen-bond donors (Lipinski definition) is 2. The average molecular weight is 712 g/mol. The number of methoxy groups -OCH3 is 2. The summed E-state index contributed by atoms with van der Waals surface area (Å²) in [5.74, 6) is -2.89. The number of carbonyl (C=O) groups is 5. The highest BCUT2D eigenvalue weighted by Crippen LogP contribution is 2.33. The molecule has 0 aliphatic carbocycles. The van der Waals surface area contributed by atoms with E-state index < -0.39 is 53.8 Å². The Labute approximate surface area is 301 Å². The number of ketones is 1. The number of carbonyl (C=O) groups excluding carboxylic acids is 4. The van der Waals surface area contributed by atoms with E-state index in [4.69, 9.17) is 14.2 Å². The van der Waals surface area contributed by atoms with Crippen LogP contribution in [0, 0.1) is 35.5 Å². The molecular weight excluding hydrogens is 642 g/mol. The van der Waals surface area contributed by atoms with Crippen LogP contribution in [0.1, 0.15) is 115 Å². The summed E-state index contributed by atoms with van der Waals surface area (Å²) in [6.45, 7) is 21.0. The Kier molecular flexibility index (Phi) is 18.4. The number of carboxylic acids is 1. The molecule has 1 aliphatic rings. The van der Waals surface area contributed by atoms with Gasteiger partial charge in [0.15, 0.2) is 5.78 Å². The van der Waals surface area contributed by atoms with E-state index in [0.717, 1.165) is 12.8 Å². The number of amides is 3. The fraction of sp³-hybridized carbons (Fsp3) is 0.868. The quantitative estimate of drug-likeness (QED) is 0.160. The lowest BCUT2D eigenvalue weighted by Crippen LogP contribution is -2.56. The molecule has 9 atom stereocenters. The Hall–Kier alpha value is -2.73. The van der Waals surface area contributed by atoms with Gasteiger partial charge in [0, 0.05) is 33.7 Å². The van der Waals surface area contributed by atoms with Gasteiger partial charge >= 0.3 is 12.1 Å². The molecule has 1 saturated heterocycles. The summed E-state index contributed by atoms with van der Waals surface area (Å²) in [5, 5.41) is 12.6. The molecule has 9 unspecified atom stereocenters. The van der Waals surface area contributed by atoms with E-state index >= 15 is 0 Å². The van der Waals surface area contributed by atoms with Crippen LogP contribution < -0.4 is 5.32 Å². The standard InChI is InChI=1S/C38H69N3O9/c1-15-24(6)27(29(48-13)21-30(42)41-20-16-17-28(41)34(49-14)26(8)36(45)46)19-18-25(7)33(43)31(22(2)3)39-35(44)32(23(4)5)40(12)37(47)50-38(9,10)11/h22-29,31-32,34H,15-21H2,1-14H3,(H,39,44)(H,45,46). The summed E-state index contributed by atoms with van der Waals surface area (Å²) >= 11 is 0. The Morgan fingerprint density at radius 1 is 0.940 bits per heavy atom. The van der Waals surface area contributed by atoms with Crippen molar-refractivity contribution in [2.75, 3.05) is 27.8 Å². The predicted octanol–water partition coefficient (Wildman–Crippen LogP) is 5.80. The molecule has 1 fully saturated rings. The minimum absolute atomic E-state index is 0.0127. The monoisotopic (exact) mass is 712 g/mol. The third kappa shape index (κ3) is 12.8. The molecule has 1 aliphatic heterocycles. The second-order valence-corrected chi connectivity index (χ2v) is 16.0. The highest BCUT2D eigenvalue weighted by molar-refractivity contribution is 5.93. The average Bonchev–Trinajstić information content (AvgIpc) is 3.51. The van der Waals surface area contributed by atoms with Crippen molar-refractivity contribution in [1.82, 2.24) is 15.1 Å². The zero-order chi connectivity index (χ0) is 38.7. The number of aliphatic carboxylic acids is 1. The van der Waals surface area contributed by atoms with Crippen molar-refractivity contribution in [3.05, 3.63) is 0 Å². The van der Waals surface area contributed by atoms with Crippen molar-refractivity contribution in [3.8, 4) is 0 Å². The Morgan fingerprint density at radius 2 is 1.54 bits per heavy atom. The second kappa shape index (κ2) is 20.3. The summed E-state index contributed by atoms with van der Waals surface area (Å²) in [4.78, 5) is 68.9. The van der Waals surface area contributed by atoms with Crippen molar-refractivity contribution in [3.63, 3.8) is 0 Å². The lowest BCUT2D eigenvalue weighted by Gasteiger charge is -2.36. The van der Waals surface area contributed by atoms with E-state index in [2.05, 4.69) is 19.2 Å². The molecule has 0 aromatic heterocycles. The summed E-state index contributed by atoms with van der Waals surface area (Å²) in [5.41, 5.74) is -0.720. The van der Waals surface area contributed by atoms with Gasteiger partial charge in [-0.2, -0.15) is 0 Å². The molecule has 0 saturated carbocycles. The maximum atomic E-state index is 13.9. The van der Waals surface area contributed by atoms with Gasteiger partial charge in [-0.25, -0.2) is 4.79 Å². The van der Waals surface area contributed by atoms with Gasteiger partial charge in [0.1, 0.15) is 11.6 Å². The zero-order valence-electron chi connectivity index (χ0n) is 33.4. The molecule has 0 bridgehead atoms. The van der Waals surface area contributed by atoms with Crippen molar-refractivity contribution >= 4 is 29.7 Å². The minimum atomic E-state index is -0.960. The van der Waals surface area contributed by atoms with Crippen LogP contribution in [0.3, 0.4) is 0 Å². The summed E-state index contributed by atoms with van der Waals surface area (Å²) < 4.78 is 17.1. The molecule has 12 nitrogen and oxygen atoms in total. The van der Waals surface area contributed by atoms with Gasteiger partial charge in [0.25, 0.3) is 0 Å². The van der Waals surface area contributed by atoms with Gasteiger partial charge in [-0.05, 0) is 77.0 Å². The van der Waals surface area contributed by atoms with Crippen LogP contribution in [0.5, 0.6) is 0 Å². The fourth-order valence-electron chi connectivity index (χ4n) is 7.19. The van der Waals surface area contributed by atoms with Gasteiger partial charge in [0.05, 0.1) is 36.6 Å². The van der Waals surface area contributed by atoms with E-state index in [1.54, 1.807) is 39.7 Å². The maximum absolute atomic E-state index is 13.9.